The van der Waals surface area contributed by atoms with Crippen molar-refractivity contribution < 1.29 is 5.11 Å². The molecular weight excluding hydrogens is 236 g/mol. The summed E-state index contributed by atoms with van der Waals surface area (Å²) < 4.78 is 2.08. The lowest BCUT2D eigenvalue weighted by molar-refractivity contribution is 0.185. The first-order valence-electron chi connectivity index (χ1n) is 6.43. The second kappa shape index (κ2) is 4.86. The molecule has 3 nitrogen and oxygen atoms in total. The van der Waals surface area contributed by atoms with Crippen LogP contribution in [-0.2, 0) is 6.54 Å². The third-order valence-electron chi connectivity index (χ3n) is 3.24. The van der Waals surface area contributed by atoms with E-state index in [1.54, 1.807) is 6.92 Å². The molecule has 0 aliphatic heterocycles. The third-order valence-corrected chi connectivity index (χ3v) is 3.24. The normalized spacial score (nSPS) is 12.7. The average molecular weight is 252 g/mol. The van der Waals surface area contributed by atoms with Gasteiger partial charge in [-0.05, 0) is 24.6 Å². The number of benzene rings is 2. The Balaban J connectivity index is 2.12. The van der Waals surface area contributed by atoms with Crippen LogP contribution in [0.4, 0.5) is 0 Å². The Labute approximate surface area is 112 Å². The number of aliphatic hydroxyl groups is 1. The van der Waals surface area contributed by atoms with Crippen LogP contribution >= 0.6 is 0 Å². The van der Waals surface area contributed by atoms with Gasteiger partial charge in [-0.3, -0.25) is 0 Å². The number of nitrogens with zero attached hydrogens (tertiary/aromatic N) is 2. The molecule has 0 aliphatic rings. The molecule has 0 bridgehead atoms. The molecule has 19 heavy (non-hydrogen) atoms. The maximum atomic E-state index is 9.90. The van der Waals surface area contributed by atoms with E-state index >= 15 is 0 Å². The van der Waals surface area contributed by atoms with Crippen LogP contribution in [0.5, 0.6) is 0 Å². The molecule has 0 amide bonds. The molecule has 0 saturated heterocycles. The minimum Gasteiger partial charge on any atom is -0.385 e. The summed E-state index contributed by atoms with van der Waals surface area (Å²) in [5.74, 6) is 0.713. The minimum absolute atomic E-state index is 0.573. The van der Waals surface area contributed by atoms with E-state index in [1.165, 1.54) is 5.56 Å². The fourth-order valence-electron chi connectivity index (χ4n) is 2.35. The van der Waals surface area contributed by atoms with Gasteiger partial charge in [-0.2, -0.15) is 0 Å². The highest BCUT2D eigenvalue weighted by atomic mass is 16.3. The van der Waals surface area contributed by atoms with Crippen LogP contribution in [0.3, 0.4) is 0 Å². The third kappa shape index (κ3) is 2.25. The fourth-order valence-corrected chi connectivity index (χ4v) is 2.35. The lowest BCUT2D eigenvalue weighted by atomic mass is 10.2. The standard InChI is InChI=1S/C16H16N2O/c1-12(19)16-17-14-9-5-6-10-15(14)18(16)11-13-7-3-2-4-8-13/h2-10,12,19H,11H2,1H3/t12-/m0/s1. The van der Waals surface area contributed by atoms with E-state index in [-0.39, 0.29) is 0 Å². The first kappa shape index (κ1) is 11.9. The fraction of sp³-hybridized carbons (Fsp3) is 0.188. The Kier molecular flexibility index (Phi) is 3.05. The van der Waals surface area contributed by atoms with Crippen molar-refractivity contribution >= 4 is 11.0 Å². The quantitative estimate of drug-likeness (QED) is 0.777. The summed E-state index contributed by atoms with van der Waals surface area (Å²) in [7, 11) is 0. The number of aromatic nitrogens is 2. The number of imidazole rings is 1. The molecule has 3 aromatic rings. The maximum absolute atomic E-state index is 9.90. The molecular formula is C16H16N2O. The molecule has 2 aromatic carbocycles. The summed E-state index contributed by atoms with van der Waals surface area (Å²) in [5, 5.41) is 9.90. The van der Waals surface area contributed by atoms with Gasteiger partial charge in [0, 0.05) is 6.54 Å². The molecule has 0 aliphatic carbocycles. The Morgan fingerprint density at radius 2 is 1.74 bits per heavy atom. The first-order chi connectivity index (χ1) is 9.25. The molecule has 0 radical (unpaired) electrons. The second-order valence-electron chi connectivity index (χ2n) is 4.71. The lowest BCUT2D eigenvalue weighted by Gasteiger charge is -2.11. The molecule has 1 heterocycles. The van der Waals surface area contributed by atoms with Crippen LogP contribution in [0, 0.1) is 0 Å². The molecule has 1 atom stereocenters. The summed E-state index contributed by atoms with van der Waals surface area (Å²) >= 11 is 0. The van der Waals surface area contributed by atoms with Crippen molar-refractivity contribution in [3.05, 3.63) is 66.0 Å². The van der Waals surface area contributed by atoms with Gasteiger partial charge < -0.3 is 9.67 Å². The first-order valence-corrected chi connectivity index (χ1v) is 6.43. The summed E-state index contributed by atoms with van der Waals surface area (Å²) in [6.45, 7) is 2.48. The number of hydrogen-bond donors (Lipinski definition) is 1. The van der Waals surface area contributed by atoms with E-state index in [1.807, 2.05) is 42.5 Å². The van der Waals surface area contributed by atoms with E-state index in [0.717, 1.165) is 17.6 Å². The lowest BCUT2D eigenvalue weighted by Crippen LogP contribution is -2.07. The zero-order valence-electron chi connectivity index (χ0n) is 10.8. The summed E-state index contributed by atoms with van der Waals surface area (Å²) in [6, 6.07) is 18.2. The number of rotatable bonds is 3. The van der Waals surface area contributed by atoms with Crippen LogP contribution in [0.15, 0.2) is 54.6 Å². The van der Waals surface area contributed by atoms with Gasteiger partial charge in [-0.25, -0.2) is 4.98 Å². The largest absolute Gasteiger partial charge is 0.385 e. The Morgan fingerprint density at radius 1 is 1.05 bits per heavy atom. The SMILES string of the molecule is C[C@H](O)c1nc2ccccc2n1Cc1ccccc1. The summed E-state index contributed by atoms with van der Waals surface area (Å²) in [6.07, 6.45) is -0.573. The molecule has 96 valence electrons. The zero-order valence-corrected chi connectivity index (χ0v) is 10.8. The van der Waals surface area contributed by atoms with Gasteiger partial charge in [0.15, 0.2) is 0 Å². The smallest absolute Gasteiger partial charge is 0.138 e. The minimum atomic E-state index is -0.573. The Bertz CT molecular complexity index is 686. The van der Waals surface area contributed by atoms with Crippen LogP contribution in [0.2, 0.25) is 0 Å². The number of hydrogen-bond acceptors (Lipinski definition) is 2. The van der Waals surface area contributed by atoms with Gasteiger partial charge in [0.2, 0.25) is 0 Å². The number of aliphatic hydroxyl groups excluding tert-OH is 1. The molecule has 0 unspecified atom stereocenters. The average Bonchev–Trinajstić information content (AvgIpc) is 2.79. The van der Waals surface area contributed by atoms with Crippen molar-refractivity contribution in [1.29, 1.82) is 0 Å². The van der Waals surface area contributed by atoms with Gasteiger partial charge in [0.1, 0.15) is 11.9 Å². The van der Waals surface area contributed by atoms with Crippen molar-refractivity contribution in [2.75, 3.05) is 0 Å². The van der Waals surface area contributed by atoms with Crippen molar-refractivity contribution in [2.24, 2.45) is 0 Å². The van der Waals surface area contributed by atoms with Crippen LogP contribution < -0.4 is 0 Å². The van der Waals surface area contributed by atoms with E-state index in [2.05, 4.69) is 21.7 Å². The van der Waals surface area contributed by atoms with Gasteiger partial charge in [-0.1, -0.05) is 42.5 Å². The molecule has 0 fully saturated rings. The van der Waals surface area contributed by atoms with Gasteiger partial charge in [0.05, 0.1) is 11.0 Å². The van der Waals surface area contributed by atoms with Crippen LogP contribution in [-0.4, -0.2) is 14.7 Å². The molecule has 0 saturated carbocycles. The molecule has 1 aromatic heterocycles. The summed E-state index contributed by atoms with van der Waals surface area (Å²) in [4.78, 5) is 4.52. The highest BCUT2D eigenvalue weighted by Crippen LogP contribution is 2.21. The summed E-state index contributed by atoms with van der Waals surface area (Å²) in [5.41, 5.74) is 3.18. The van der Waals surface area contributed by atoms with Gasteiger partial charge >= 0.3 is 0 Å². The van der Waals surface area contributed by atoms with E-state index < -0.39 is 6.10 Å². The van der Waals surface area contributed by atoms with Crippen molar-refractivity contribution in [3.8, 4) is 0 Å². The van der Waals surface area contributed by atoms with Crippen molar-refractivity contribution in [2.45, 2.75) is 19.6 Å². The maximum Gasteiger partial charge on any atom is 0.138 e. The van der Waals surface area contributed by atoms with Gasteiger partial charge in [-0.15, -0.1) is 0 Å². The highest BCUT2D eigenvalue weighted by Gasteiger charge is 2.14. The molecule has 3 rings (SSSR count). The van der Waals surface area contributed by atoms with E-state index in [9.17, 15) is 5.11 Å². The van der Waals surface area contributed by atoms with Crippen molar-refractivity contribution in [3.63, 3.8) is 0 Å². The van der Waals surface area contributed by atoms with Crippen LogP contribution in [0.1, 0.15) is 24.4 Å². The predicted molar refractivity (Wildman–Crippen MR) is 75.9 cm³/mol. The van der Waals surface area contributed by atoms with Crippen LogP contribution in [0.25, 0.3) is 11.0 Å². The second-order valence-corrected chi connectivity index (χ2v) is 4.71. The number of para-hydroxylation sites is 2. The molecule has 0 spiro atoms. The molecule has 3 heteroatoms. The van der Waals surface area contributed by atoms with Crippen molar-refractivity contribution in [1.82, 2.24) is 9.55 Å². The predicted octanol–water partition coefficient (Wildman–Crippen LogP) is 3.14. The monoisotopic (exact) mass is 252 g/mol. The Morgan fingerprint density at radius 3 is 2.47 bits per heavy atom. The highest BCUT2D eigenvalue weighted by molar-refractivity contribution is 5.76. The van der Waals surface area contributed by atoms with E-state index in [4.69, 9.17) is 0 Å². The Hall–Kier alpha value is -2.13. The zero-order chi connectivity index (χ0) is 13.2. The molecule has 1 N–H and O–H groups in total. The topological polar surface area (TPSA) is 38.1 Å². The van der Waals surface area contributed by atoms with Gasteiger partial charge in [0.25, 0.3) is 0 Å². The van der Waals surface area contributed by atoms with E-state index in [0.29, 0.717) is 5.82 Å². The number of fused-ring (bicyclic) bond motifs is 1.